The van der Waals surface area contributed by atoms with Crippen LogP contribution in [0.5, 0.6) is 0 Å². The Morgan fingerprint density at radius 1 is 0.909 bits per heavy atom. The zero-order valence-electron chi connectivity index (χ0n) is 18.4. The number of aromatic nitrogens is 1. The Bertz CT molecular complexity index is 1330. The Kier molecular flexibility index (Phi) is 7.30. The summed E-state index contributed by atoms with van der Waals surface area (Å²) in [6.07, 6.45) is -0.147. The Morgan fingerprint density at radius 3 is 2.27 bits per heavy atom. The molecule has 33 heavy (non-hydrogen) atoms. The molecule has 0 N–H and O–H groups in total. The molecule has 0 saturated carbocycles. The first kappa shape index (κ1) is 24.0. The van der Waals surface area contributed by atoms with Gasteiger partial charge in [-0.05, 0) is 74.9 Å². The minimum absolute atomic E-state index is 0.147. The lowest BCUT2D eigenvalue weighted by atomic mass is 10.1. The maximum absolute atomic E-state index is 12.1. The van der Waals surface area contributed by atoms with E-state index in [0.29, 0.717) is 27.2 Å². The van der Waals surface area contributed by atoms with E-state index in [2.05, 4.69) is 23.6 Å². The zero-order valence-corrected chi connectivity index (χ0v) is 21.4. The van der Waals surface area contributed by atoms with E-state index >= 15 is 0 Å². The second-order valence-electron chi connectivity index (χ2n) is 8.04. The number of aryl methyl sites for hydroxylation is 1. The number of halogens is 3. The molecule has 0 bridgehead atoms. The van der Waals surface area contributed by atoms with Gasteiger partial charge >= 0.3 is 5.97 Å². The summed E-state index contributed by atoms with van der Waals surface area (Å²) in [5.41, 5.74) is 3.78. The quantitative estimate of drug-likeness (QED) is 0.239. The average molecular weight is 519 g/mol. The number of carbonyl (C=O) groups excluding carboxylic acids is 1. The first-order valence-corrected chi connectivity index (χ1v) is 12.4. The predicted molar refractivity (Wildman–Crippen MR) is 138 cm³/mol. The number of esters is 1. The van der Waals surface area contributed by atoms with E-state index in [4.69, 9.17) is 39.5 Å². The molecule has 0 spiro atoms. The highest BCUT2D eigenvalue weighted by Gasteiger charge is 2.13. The lowest BCUT2D eigenvalue weighted by molar-refractivity contribution is 0.0378. The summed E-state index contributed by atoms with van der Waals surface area (Å²) >= 11 is 20.4. The summed E-state index contributed by atoms with van der Waals surface area (Å²) in [5.74, 6) is -0.310. The number of hydrogen-bond donors (Lipinski definition) is 0. The topological polar surface area (TPSA) is 31.2 Å². The summed E-state index contributed by atoms with van der Waals surface area (Å²) in [6, 6.07) is 19.3. The van der Waals surface area contributed by atoms with Crippen molar-refractivity contribution in [1.82, 2.24) is 4.57 Å². The summed E-state index contributed by atoms with van der Waals surface area (Å²) in [6.45, 7) is 6.40. The third-order valence-electron chi connectivity index (χ3n) is 5.15. The van der Waals surface area contributed by atoms with E-state index in [1.807, 2.05) is 44.2 Å². The van der Waals surface area contributed by atoms with E-state index in [1.165, 1.54) is 0 Å². The van der Waals surface area contributed by atoms with Crippen molar-refractivity contribution in [2.24, 2.45) is 0 Å². The lowest BCUT2D eigenvalue weighted by Gasteiger charge is -2.12. The van der Waals surface area contributed by atoms with Gasteiger partial charge in [-0.15, -0.1) is 0 Å². The van der Waals surface area contributed by atoms with E-state index < -0.39 is 0 Å². The number of carbonyl (C=O) groups is 1. The van der Waals surface area contributed by atoms with E-state index in [-0.39, 0.29) is 12.1 Å². The van der Waals surface area contributed by atoms with E-state index in [0.717, 1.165) is 32.0 Å². The molecular weight excluding hydrogens is 497 g/mol. The largest absolute Gasteiger partial charge is 0.459 e. The molecular formula is C26H22Cl3NO2S. The van der Waals surface area contributed by atoms with Crippen molar-refractivity contribution in [3.05, 3.63) is 92.6 Å². The summed E-state index contributed by atoms with van der Waals surface area (Å²) in [7, 11) is 0. The van der Waals surface area contributed by atoms with Crippen LogP contribution in [0.25, 0.3) is 10.9 Å². The van der Waals surface area contributed by atoms with Gasteiger partial charge in [0, 0.05) is 27.4 Å². The molecule has 0 aliphatic heterocycles. The fraction of sp³-hybridized carbons (Fsp3) is 0.192. The van der Waals surface area contributed by atoms with Crippen molar-refractivity contribution in [2.45, 2.75) is 43.2 Å². The van der Waals surface area contributed by atoms with Crippen molar-refractivity contribution in [3.63, 3.8) is 0 Å². The molecule has 3 nitrogen and oxygen atoms in total. The zero-order chi connectivity index (χ0) is 23.7. The molecule has 170 valence electrons. The lowest BCUT2D eigenvalue weighted by Crippen LogP contribution is -2.11. The third-order valence-corrected chi connectivity index (χ3v) is 7.16. The average Bonchev–Trinajstić information content (AvgIpc) is 3.07. The van der Waals surface area contributed by atoms with Gasteiger partial charge in [-0.2, -0.15) is 0 Å². The number of fused-ring (bicyclic) bond motifs is 1. The number of nitrogens with zero attached hydrogens (tertiary/aromatic N) is 1. The second kappa shape index (κ2) is 10.0. The highest BCUT2D eigenvalue weighted by atomic mass is 35.5. The van der Waals surface area contributed by atoms with Gasteiger partial charge in [0.25, 0.3) is 0 Å². The van der Waals surface area contributed by atoms with Gasteiger partial charge < -0.3 is 9.30 Å². The normalized spacial score (nSPS) is 11.4. The Balaban J connectivity index is 1.63. The van der Waals surface area contributed by atoms with Gasteiger partial charge in [0.15, 0.2) is 0 Å². The first-order valence-electron chi connectivity index (χ1n) is 10.4. The van der Waals surface area contributed by atoms with Crippen LogP contribution < -0.4 is 0 Å². The maximum Gasteiger partial charge on any atom is 0.338 e. The summed E-state index contributed by atoms with van der Waals surface area (Å²) in [5, 5.41) is 2.75. The molecule has 0 aliphatic carbocycles. The van der Waals surface area contributed by atoms with Gasteiger partial charge in [-0.3, -0.25) is 0 Å². The Labute approximate surface area is 212 Å². The van der Waals surface area contributed by atoms with Crippen LogP contribution in [0.15, 0.2) is 70.5 Å². The van der Waals surface area contributed by atoms with Crippen LogP contribution in [0.4, 0.5) is 0 Å². The molecule has 4 rings (SSSR count). The van der Waals surface area contributed by atoms with Crippen LogP contribution in [-0.4, -0.2) is 16.6 Å². The molecule has 3 aromatic carbocycles. The van der Waals surface area contributed by atoms with Gasteiger partial charge in [-0.25, -0.2) is 4.79 Å². The number of rotatable bonds is 6. The van der Waals surface area contributed by atoms with Crippen molar-refractivity contribution < 1.29 is 9.53 Å². The van der Waals surface area contributed by atoms with Crippen LogP contribution in [0.3, 0.4) is 0 Å². The van der Waals surface area contributed by atoms with Gasteiger partial charge in [0.2, 0.25) is 0 Å². The van der Waals surface area contributed by atoms with E-state index in [1.54, 1.807) is 30.0 Å². The molecule has 0 saturated heterocycles. The van der Waals surface area contributed by atoms with Gasteiger partial charge in [-0.1, -0.05) is 58.7 Å². The van der Waals surface area contributed by atoms with Gasteiger partial charge in [0.1, 0.15) is 0 Å². The number of hydrogen-bond acceptors (Lipinski definition) is 3. The van der Waals surface area contributed by atoms with Crippen molar-refractivity contribution in [3.8, 4) is 0 Å². The maximum atomic E-state index is 12.1. The molecule has 0 unspecified atom stereocenters. The molecule has 0 radical (unpaired) electrons. The molecule has 0 atom stereocenters. The summed E-state index contributed by atoms with van der Waals surface area (Å²) < 4.78 is 7.49. The molecule has 4 aromatic rings. The van der Waals surface area contributed by atoms with E-state index in [9.17, 15) is 4.79 Å². The fourth-order valence-electron chi connectivity index (χ4n) is 3.58. The van der Waals surface area contributed by atoms with Crippen LogP contribution in [0.2, 0.25) is 15.1 Å². The van der Waals surface area contributed by atoms with Crippen molar-refractivity contribution >= 4 is 63.4 Å². The standard InChI is InChI=1S/C26H22Cl3NO2S/c1-15(2)32-26(31)18-6-4-17(5-7-18)14-30-16(3)10-21-23(28)12-20(13-25(21)30)33-19-8-9-22(27)24(29)11-19/h4-13,15H,14H2,1-3H3. The predicted octanol–water partition coefficient (Wildman–Crippen LogP) is 8.67. The highest BCUT2D eigenvalue weighted by molar-refractivity contribution is 7.99. The molecule has 7 heteroatoms. The first-order chi connectivity index (χ1) is 15.7. The monoisotopic (exact) mass is 517 g/mol. The highest BCUT2D eigenvalue weighted by Crippen LogP contribution is 2.37. The molecule has 1 aromatic heterocycles. The Morgan fingerprint density at radius 2 is 1.61 bits per heavy atom. The van der Waals surface area contributed by atoms with Crippen LogP contribution >= 0.6 is 46.6 Å². The minimum Gasteiger partial charge on any atom is -0.459 e. The second-order valence-corrected chi connectivity index (χ2v) is 10.4. The molecule has 0 aliphatic rings. The van der Waals surface area contributed by atoms with Gasteiger partial charge in [0.05, 0.1) is 32.3 Å². The number of benzene rings is 3. The molecule has 0 amide bonds. The van der Waals surface area contributed by atoms with Crippen molar-refractivity contribution in [1.29, 1.82) is 0 Å². The van der Waals surface area contributed by atoms with Crippen LogP contribution in [0, 0.1) is 6.92 Å². The Hall–Kier alpha value is -2.11. The van der Waals surface area contributed by atoms with Crippen LogP contribution in [0.1, 0.15) is 35.5 Å². The van der Waals surface area contributed by atoms with Crippen molar-refractivity contribution in [2.75, 3.05) is 0 Å². The molecule has 0 fully saturated rings. The SMILES string of the molecule is Cc1cc2c(Cl)cc(Sc3ccc(Cl)c(Cl)c3)cc2n1Cc1ccc(C(=O)OC(C)C)cc1. The molecule has 1 heterocycles. The third kappa shape index (κ3) is 5.52. The minimum atomic E-state index is -0.310. The smallest absolute Gasteiger partial charge is 0.338 e. The summed E-state index contributed by atoms with van der Waals surface area (Å²) in [4.78, 5) is 14.1. The number of ether oxygens (including phenoxy) is 1. The van der Waals surface area contributed by atoms with Crippen LogP contribution in [-0.2, 0) is 11.3 Å². The fourth-order valence-corrected chi connectivity index (χ4v) is 5.21.